The lowest BCUT2D eigenvalue weighted by Crippen LogP contribution is -2.25. The van der Waals surface area contributed by atoms with Crippen molar-refractivity contribution in [2.75, 3.05) is 0 Å². The highest BCUT2D eigenvalue weighted by Gasteiger charge is 2.23. The average Bonchev–Trinajstić information content (AvgIpc) is 2.48. The highest BCUT2D eigenvalue weighted by atomic mass is 35.5. The van der Waals surface area contributed by atoms with Crippen molar-refractivity contribution in [2.24, 2.45) is 5.92 Å². The quantitative estimate of drug-likeness (QED) is 0.835. The molecule has 1 aliphatic carbocycles. The molecule has 3 nitrogen and oxygen atoms in total. The second kappa shape index (κ2) is 8.00. The molecule has 21 heavy (non-hydrogen) atoms. The first-order chi connectivity index (χ1) is 10.1. The largest absolute Gasteiger partial charge is 0.473 e. The molecule has 118 valence electrons. The van der Waals surface area contributed by atoms with Crippen molar-refractivity contribution < 1.29 is 4.74 Å². The lowest BCUT2D eigenvalue weighted by molar-refractivity contribution is 0.117. The van der Waals surface area contributed by atoms with Gasteiger partial charge < -0.3 is 10.1 Å². The SMILES string of the molecule is CCC1CCCC(Oc2ncc(CNC(C)C)cc2Cl)C1. The summed E-state index contributed by atoms with van der Waals surface area (Å²) < 4.78 is 6.04. The van der Waals surface area contributed by atoms with Crippen molar-refractivity contribution in [1.82, 2.24) is 10.3 Å². The van der Waals surface area contributed by atoms with Crippen LogP contribution in [0.2, 0.25) is 5.02 Å². The maximum Gasteiger partial charge on any atom is 0.232 e. The van der Waals surface area contributed by atoms with E-state index >= 15 is 0 Å². The van der Waals surface area contributed by atoms with Gasteiger partial charge in [0.25, 0.3) is 0 Å². The Hall–Kier alpha value is -0.800. The Morgan fingerprint density at radius 3 is 2.90 bits per heavy atom. The first kappa shape index (κ1) is 16.6. The Bertz CT molecular complexity index is 450. The molecule has 2 atom stereocenters. The van der Waals surface area contributed by atoms with Crippen LogP contribution in [-0.2, 0) is 6.54 Å². The summed E-state index contributed by atoms with van der Waals surface area (Å²) in [5.74, 6) is 1.38. The Morgan fingerprint density at radius 2 is 2.24 bits per heavy atom. The molecule has 0 spiro atoms. The highest BCUT2D eigenvalue weighted by Crippen LogP contribution is 2.31. The number of nitrogens with zero attached hydrogens (tertiary/aromatic N) is 1. The van der Waals surface area contributed by atoms with Crippen LogP contribution in [0.5, 0.6) is 5.88 Å². The molecule has 2 unspecified atom stereocenters. The molecule has 1 heterocycles. The van der Waals surface area contributed by atoms with Gasteiger partial charge in [0.15, 0.2) is 0 Å². The van der Waals surface area contributed by atoms with Crippen LogP contribution in [0.25, 0.3) is 0 Å². The summed E-state index contributed by atoms with van der Waals surface area (Å²) in [5, 5.41) is 3.99. The third kappa shape index (κ3) is 5.15. The standard InChI is InChI=1S/C17H27ClN2O/c1-4-13-6-5-7-15(8-13)21-17-16(18)9-14(11-20-17)10-19-12(2)3/h9,11-13,15,19H,4-8,10H2,1-3H3. The van der Waals surface area contributed by atoms with Crippen LogP contribution in [0, 0.1) is 5.92 Å². The second-order valence-electron chi connectivity index (χ2n) is 6.35. The number of halogens is 1. The van der Waals surface area contributed by atoms with E-state index in [4.69, 9.17) is 16.3 Å². The van der Waals surface area contributed by atoms with Gasteiger partial charge in [0.05, 0.1) is 0 Å². The molecular weight excluding hydrogens is 284 g/mol. The summed E-state index contributed by atoms with van der Waals surface area (Å²) in [6.07, 6.45) is 8.19. The molecule has 1 aromatic heterocycles. The van der Waals surface area contributed by atoms with E-state index in [9.17, 15) is 0 Å². The summed E-state index contributed by atoms with van der Waals surface area (Å²) in [5.41, 5.74) is 1.09. The second-order valence-corrected chi connectivity index (χ2v) is 6.75. The Balaban J connectivity index is 1.94. The van der Waals surface area contributed by atoms with Crippen LogP contribution in [-0.4, -0.2) is 17.1 Å². The zero-order chi connectivity index (χ0) is 15.2. The number of aromatic nitrogens is 1. The number of rotatable bonds is 6. The molecule has 1 aliphatic rings. The van der Waals surface area contributed by atoms with E-state index in [1.54, 1.807) is 0 Å². The van der Waals surface area contributed by atoms with Gasteiger partial charge in [0.1, 0.15) is 11.1 Å². The number of nitrogens with one attached hydrogen (secondary N) is 1. The first-order valence-electron chi connectivity index (χ1n) is 8.13. The minimum Gasteiger partial charge on any atom is -0.473 e. The zero-order valence-corrected chi connectivity index (χ0v) is 14.1. The molecule has 0 radical (unpaired) electrons. The van der Waals surface area contributed by atoms with Crippen LogP contribution < -0.4 is 10.1 Å². The summed E-state index contributed by atoms with van der Waals surface area (Å²) in [6, 6.07) is 2.41. The molecule has 2 rings (SSSR count). The van der Waals surface area contributed by atoms with E-state index in [1.807, 2.05) is 12.3 Å². The van der Waals surface area contributed by atoms with Gasteiger partial charge in [-0.25, -0.2) is 4.98 Å². The third-order valence-electron chi connectivity index (χ3n) is 4.17. The third-order valence-corrected chi connectivity index (χ3v) is 4.44. The number of pyridine rings is 1. The highest BCUT2D eigenvalue weighted by molar-refractivity contribution is 6.31. The van der Waals surface area contributed by atoms with Crippen LogP contribution in [0.4, 0.5) is 0 Å². The van der Waals surface area contributed by atoms with Crippen molar-refractivity contribution in [1.29, 1.82) is 0 Å². The monoisotopic (exact) mass is 310 g/mol. The molecule has 1 N–H and O–H groups in total. The predicted molar refractivity (Wildman–Crippen MR) is 87.9 cm³/mol. The van der Waals surface area contributed by atoms with E-state index in [2.05, 4.69) is 31.1 Å². The Kier molecular flexibility index (Phi) is 6.31. The van der Waals surface area contributed by atoms with Crippen LogP contribution >= 0.6 is 11.6 Å². The molecule has 0 aliphatic heterocycles. The lowest BCUT2D eigenvalue weighted by atomic mass is 9.85. The average molecular weight is 311 g/mol. The van der Waals surface area contributed by atoms with Crippen LogP contribution in [0.3, 0.4) is 0 Å². The van der Waals surface area contributed by atoms with Crippen molar-refractivity contribution in [3.8, 4) is 5.88 Å². The minimum atomic E-state index is 0.272. The molecule has 1 fully saturated rings. The molecule has 0 amide bonds. The zero-order valence-electron chi connectivity index (χ0n) is 13.4. The predicted octanol–water partition coefficient (Wildman–Crippen LogP) is 4.58. The fourth-order valence-corrected chi connectivity index (χ4v) is 3.08. The number of ether oxygens (including phenoxy) is 1. The summed E-state index contributed by atoms with van der Waals surface area (Å²) >= 11 is 6.32. The minimum absolute atomic E-state index is 0.272. The van der Waals surface area contributed by atoms with Gasteiger partial charge in [-0.3, -0.25) is 0 Å². The van der Waals surface area contributed by atoms with Gasteiger partial charge in [-0.1, -0.05) is 45.2 Å². The van der Waals surface area contributed by atoms with E-state index in [0.717, 1.165) is 30.9 Å². The maximum absolute atomic E-state index is 6.32. The van der Waals surface area contributed by atoms with E-state index in [0.29, 0.717) is 16.9 Å². The van der Waals surface area contributed by atoms with Gasteiger partial charge in [-0.05, 0) is 36.8 Å². The fourth-order valence-electron chi connectivity index (χ4n) is 2.85. The molecule has 0 aromatic carbocycles. The van der Waals surface area contributed by atoms with Gasteiger partial charge in [-0.2, -0.15) is 0 Å². The van der Waals surface area contributed by atoms with Crippen molar-refractivity contribution >= 4 is 11.6 Å². The van der Waals surface area contributed by atoms with Crippen LogP contribution in [0.15, 0.2) is 12.3 Å². The first-order valence-corrected chi connectivity index (χ1v) is 8.50. The summed E-state index contributed by atoms with van der Waals surface area (Å²) in [6.45, 7) is 7.29. The topological polar surface area (TPSA) is 34.1 Å². The van der Waals surface area contributed by atoms with Gasteiger partial charge in [-0.15, -0.1) is 0 Å². The van der Waals surface area contributed by atoms with Crippen molar-refractivity contribution in [3.05, 3.63) is 22.8 Å². The molecule has 0 bridgehead atoms. The van der Waals surface area contributed by atoms with Crippen molar-refractivity contribution in [3.63, 3.8) is 0 Å². The van der Waals surface area contributed by atoms with E-state index in [-0.39, 0.29) is 6.10 Å². The lowest BCUT2D eigenvalue weighted by Gasteiger charge is -2.28. The molecule has 1 aromatic rings. The van der Waals surface area contributed by atoms with Gasteiger partial charge >= 0.3 is 0 Å². The Morgan fingerprint density at radius 1 is 1.43 bits per heavy atom. The van der Waals surface area contributed by atoms with E-state index < -0.39 is 0 Å². The summed E-state index contributed by atoms with van der Waals surface area (Å²) in [4.78, 5) is 4.41. The molecule has 0 saturated heterocycles. The maximum atomic E-state index is 6.32. The summed E-state index contributed by atoms with van der Waals surface area (Å²) in [7, 11) is 0. The molecular formula is C17H27ClN2O. The fraction of sp³-hybridized carbons (Fsp3) is 0.706. The van der Waals surface area contributed by atoms with Crippen LogP contribution in [0.1, 0.15) is 58.4 Å². The smallest absolute Gasteiger partial charge is 0.232 e. The molecule has 4 heteroatoms. The Labute approximate surface area is 133 Å². The van der Waals surface area contributed by atoms with Crippen molar-refractivity contribution in [2.45, 2.75) is 71.6 Å². The van der Waals surface area contributed by atoms with Gasteiger partial charge in [0, 0.05) is 18.8 Å². The molecule has 1 saturated carbocycles. The van der Waals surface area contributed by atoms with Gasteiger partial charge in [0.2, 0.25) is 5.88 Å². The number of hydrogen-bond acceptors (Lipinski definition) is 3. The normalized spacial score (nSPS) is 22.5. The van der Waals surface area contributed by atoms with E-state index in [1.165, 1.54) is 19.3 Å². The number of hydrogen-bond donors (Lipinski definition) is 1.